The van der Waals surface area contributed by atoms with E-state index in [-0.39, 0.29) is 0 Å². The van der Waals surface area contributed by atoms with Gasteiger partial charge in [-0.25, -0.2) is 0 Å². The molecule has 0 saturated heterocycles. The Kier molecular flexibility index (Phi) is 3.59. The second kappa shape index (κ2) is 5.33. The van der Waals surface area contributed by atoms with E-state index in [0.29, 0.717) is 22.9 Å². The zero-order valence-corrected chi connectivity index (χ0v) is 9.69. The van der Waals surface area contributed by atoms with Crippen molar-refractivity contribution in [3.8, 4) is 11.8 Å². The van der Waals surface area contributed by atoms with Gasteiger partial charge in [0.05, 0.1) is 10.6 Å². The van der Waals surface area contributed by atoms with Crippen LogP contribution in [-0.4, -0.2) is 4.98 Å². The molecule has 0 unspecified atom stereocenters. The summed E-state index contributed by atoms with van der Waals surface area (Å²) in [5.74, 6) is 0.637. The van der Waals surface area contributed by atoms with Crippen molar-refractivity contribution in [2.24, 2.45) is 0 Å². The van der Waals surface area contributed by atoms with Crippen LogP contribution in [0.2, 0.25) is 5.02 Å². The molecule has 0 N–H and O–H groups in total. The van der Waals surface area contributed by atoms with E-state index >= 15 is 0 Å². The summed E-state index contributed by atoms with van der Waals surface area (Å²) in [6.45, 7) is 0.427. The molecule has 0 aliphatic carbocycles. The number of hydrogen-bond acceptors (Lipinski definition) is 3. The molecule has 1 aromatic heterocycles. The predicted octanol–water partition coefficient (Wildman–Crippen LogP) is 3.19. The first-order valence-electron chi connectivity index (χ1n) is 5.01. The molecule has 4 heteroatoms. The lowest BCUT2D eigenvalue weighted by Gasteiger charge is -2.06. The highest BCUT2D eigenvalue weighted by Crippen LogP contribution is 2.22. The predicted molar refractivity (Wildman–Crippen MR) is 64.7 cm³/mol. The molecule has 1 heterocycles. The molecule has 1 aromatic carbocycles. The summed E-state index contributed by atoms with van der Waals surface area (Å²) in [6.07, 6.45) is 3.45. The largest absolute Gasteiger partial charge is 0.489 e. The van der Waals surface area contributed by atoms with Crippen molar-refractivity contribution in [1.29, 1.82) is 5.26 Å². The van der Waals surface area contributed by atoms with Crippen LogP contribution >= 0.6 is 11.6 Å². The minimum atomic E-state index is 0.399. The fraction of sp³-hybridized carbons (Fsp3) is 0.0769. The highest BCUT2D eigenvalue weighted by atomic mass is 35.5. The van der Waals surface area contributed by atoms with Gasteiger partial charge >= 0.3 is 0 Å². The summed E-state index contributed by atoms with van der Waals surface area (Å²) in [6, 6.07) is 10.8. The number of pyridine rings is 1. The average molecular weight is 245 g/mol. The van der Waals surface area contributed by atoms with Crippen LogP contribution in [0.5, 0.6) is 5.75 Å². The quantitative estimate of drug-likeness (QED) is 0.833. The molecule has 17 heavy (non-hydrogen) atoms. The molecule has 0 radical (unpaired) electrons. The average Bonchev–Trinajstić information content (AvgIpc) is 2.38. The lowest BCUT2D eigenvalue weighted by atomic mass is 10.2. The van der Waals surface area contributed by atoms with Gasteiger partial charge in [-0.15, -0.1) is 0 Å². The topological polar surface area (TPSA) is 45.9 Å². The molecule has 0 amide bonds. The summed E-state index contributed by atoms with van der Waals surface area (Å²) in [5, 5.41) is 9.13. The van der Waals surface area contributed by atoms with Gasteiger partial charge in [-0.2, -0.15) is 5.26 Å². The lowest BCUT2D eigenvalue weighted by molar-refractivity contribution is 0.306. The van der Waals surface area contributed by atoms with Gasteiger partial charge in [0.2, 0.25) is 0 Å². The van der Waals surface area contributed by atoms with Crippen molar-refractivity contribution in [2.75, 3.05) is 0 Å². The fourth-order valence-corrected chi connectivity index (χ4v) is 1.54. The maximum Gasteiger partial charge on any atom is 0.121 e. The Bertz CT molecular complexity index is 549. The normalized spacial score (nSPS) is 9.65. The number of ether oxygens (including phenoxy) is 1. The Labute approximate surface area is 104 Å². The van der Waals surface area contributed by atoms with Gasteiger partial charge in [-0.05, 0) is 18.2 Å². The first kappa shape index (κ1) is 11.4. The van der Waals surface area contributed by atoms with Gasteiger partial charge in [0.1, 0.15) is 18.4 Å². The van der Waals surface area contributed by atoms with Crippen LogP contribution in [0.1, 0.15) is 11.1 Å². The van der Waals surface area contributed by atoms with E-state index in [1.54, 1.807) is 30.6 Å². The number of benzene rings is 1. The molecule has 84 valence electrons. The summed E-state index contributed by atoms with van der Waals surface area (Å²) in [7, 11) is 0. The molecular weight excluding hydrogens is 236 g/mol. The molecule has 2 rings (SSSR count). The van der Waals surface area contributed by atoms with E-state index in [1.165, 1.54) is 0 Å². The maximum absolute atomic E-state index is 8.73. The third kappa shape index (κ3) is 2.96. The Balaban J connectivity index is 2.06. The third-order valence-electron chi connectivity index (χ3n) is 2.19. The highest BCUT2D eigenvalue weighted by Gasteiger charge is 2.02. The van der Waals surface area contributed by atoms with Gasteiger partial charge in [0.25, 0.3) is 0 Å². The zero-order valence-electron chi connectivity index (χ0n) is 8.93. The van der Waals surface area contributed by atoms with E-state index in [1.807, 2.05) is 18.2 Å². The summed E-state index contributed by atoms with van der Waals surface area (Å²) < 4.78 is 5.54. The number of hydrogen-bond donors (Lipinski definition) is 0. The Morgan fingerprint density at radius 2 is 2.24 bits per heavy atom. The van der Waals surface area contributed by atoms with Crippen LogP contribution in [0.15, 0.2) is 42.7 Å². The monoisotopic (exact) mass is 244 g/mol. The van der Waals surface area contributed by atoms with Crippen LogP contribution in [-0.2, 0) is 6.61 Å². The van der Waals surface area contributed by atoms with Gasteiger partial charge in [0.15, 0.2) is 0 Å². The number of nitriles is 1. The SMILES string of the molecule is N#Cc1ccc(OCc2cccnc2)cc1Cl. The standard InChI is InChI=1S/C13H9ClN2O/c14-13-6-12(4-3-11(13)7-15)17-9-10-2-1-5-16-8-10/h1-6,8H,9H2. The van der Waals surface area contributed by atoms with Crippen LogP contribution in [0.25, 0.3) is 0 Å². The smallest absolute Gasteiger partial charge is 0.121 e. The number of nitrogens with zero attached hydrogens (tertiary/aromatic N) is 2. The van der Waals surface area contributed by atoms with Gasteiger partial charge < -0.3 is 4.74 Å². The molecule has 0 saturated carbocycles. The molecule has 2 aromatic rings. The fourth-order valence-electron chi connectivity index (χ4n) is 1.33. The first-order valence-corrected chi connectivity index (χ1v) is 5.39. The van der Waals surface area contributed by atoms with E-state index < -0.39 is 0 Å². The number of rotatable bonds is 3. The molecular formula is C13H9ClN2O. The van der Waals surface area contributed by atoms with Crippen molar-refractivity contribution in [3.05, 3.63) is 58.9 Å². The zero-order chi connectivity index (χ0) is 12.1. The molecule has 0 bridgehead atoms. The van der Waals surface area contributed by atoms with Crippen molar-refractivity contribution < 1.29 is 4.74 Å². The Hall–Kier alpha value is -2.05. The van der Waals surface area contributed by atoms with Crippen molar-refractivity contribution in [1.82, 2.24) is 4.98 Å². The van der Waals surface area contributed by atoms with E-state index in [9.17, 15) is 0 Å². The Morgan fingerprint density at radius 1 is 1.35 bits per heavy atom. The molecule has 0 spiro atoms. The molecule has 3 nitrogen and oxygen atoms in total. The third-order valence-corrected chi connectivity index (χ3v) is 2.50. The molecule has 0 fully saturated rings. The summed E-state index contributed by atoms with van der Waals surface area (Å²) >= 11 is 5.90. The second-order valence-corrected chi connectivity index (χ2v) is 3.81. The minimum absolute atomic E-state index is 0.399. The van der Waals surface area contributed by atoms with Gasteiger partial charge in [0, 0.05) is 24.0 Å². The van der Waals surface area contributed by atoms with Gasteiger partial charge in [-0.1, -0.05) is 17.7 Å². The van der Waals surface area contributed by atoms with Crippen molar-refractivity contribution in [2.45, 2.75) is 6.61 Å². The summed E-state index contributed by atoms with van der Waals surface area (Å²) in [4.78, 5) is 3.99. The highest BCUT2D eigenvalue weighted by molar-refractivity contribution is 6.31. The summed E-state index contributed by atoms with van der Waals surface area (Å²) in [5.41, 5.74) is 1.42. The maximum atomic E-state index is 8.73. The number of halogens is 1. The minimum Gasteiger partial charge on any atom is -0.489 e. The van der Waals surface area contributed by atoms with Crippen LogP contribution < -0.4 is 4.74 Å². The lowest BCUT2D eigenvalue weighted by Crippen LogP contribution is -1.95. The van der Waals surface area contributed by atoms with E-state index in [0.717, 1.165) is 5.56 Å². The van der Waals surface area contributed by atoms with Crippen LogP contribution in [0, 0.1) is 11.3 Å². The van der Waals surface area contributed by atoms with Gasteiger partial charge in [-0.3, -0.25) is 4.98 Å². The van der Waals surface area contributed by atoms with Crippen LogP contribution in [0.4, 0.5) is 0 Å². The molecule has 0 aliphatic heterocycles. The van der Waals surface area contributed by atoms with Crippen molar-refractivity contribution in [3.63, 3.8) is 0 Å². The van der Waals surface area contributed by atoms with Crippen LogP contribution in [0.3, 0.4) is 0 Å². The number of aromatic nitrogens is 1. The van der Waals surface area contributed by atoms with E-state index in [2.05, 4.69) is 4.98 Å². The Morgan fingerprint density at radius 3 is 2.88 bits per heavy atom. The molecule has 0 atom stereocenters. The van der Waals surface area contributed by atoms with E-state index in [4.69, 9.17) is 21.6 Å². The second-order valence-electron chi connectivity index (χ2n) is 3.40. The first-order chi connectivity index (χ1) is 8.29. The molecule has 0 aliphatic rings. The van der Waals surface area contributed by atoms with Crippen molar-refractivity contribution >= 4 is 11.6 Å².